The first kappa shape index (κ1) is 13.3. The number of halogens is 3. The summed E-state index contributed by atoms with van der Waals surface area (Å²) in [7, 11) is 0. The van der Waals surface area contributed by atoms with Gasteiger partial charge in [-0.2, -0.15) is 13.2 Å². The third-order valence-corrected chi connectivity index (χ3v) is 3.35. The van der Waals surface area contributed by atoms with Gasteiger partial charge in [0, 0.05) is 6.54 Å². The summed E-state index contributed by atoms with van der Waals surface area (Å²) in [5.41, 5.74) is 0.539. The molecule has 1 heterocycles. The SMILES string of the molecule is CCCn1c(SC)nc2ccc(C(F)(F)F)cc21. The Bertz CT molecular complexity index is 560. The second-order valence-corrected chi connectivity index (χ2v) is 4.72. The molecule has 0 fully saturated rings. The Hall–Kier alpha value is -1.17. The van der Waals surface area contributed by atoms with Gasteiger partial charge >= 0.3 is 6.18 Å². The molecule has 0 unspecified atom stereocenters. The van der Waals surface area contributed by atoms with E-state index in [9.17, 15) is 13.2 Å². The lowest BCUT2D eigenvalue weighted by Crippen LogP contribution is -2.05. The van der Waals surface area contributed by atoms with Crippen LogP contribution in [0.1, 0.15) is 18.9 Å². The van der Waals surface area contributed by atoms with E-state index in [1.165, 1.54) is 23.9 Å². The van der Waals surface area contributed by atoms with Gasteiger partial charge in [0.15, 0.2) is 5.16 Å². The first-order chi connectivity index (χ1) is 8.47. The van der Waals surface area contributed by atoms with E-state index in [0.29, 0.717) is 17.6 Å². The van der Waals surface area contributed by atoms with Gasteiger partial charge in [-0.1, -0.05) is 18.7 Å². The fraction of sp³-hybridized carbons (Fsp3) is 0.417. The number of aromatic nitrogens is 2. The van der Waals surface area contributed by atoms with Gasteiger partial charge in [0.25, 0.3) is 0 Å². The third-order valence-electron chi connectivity index (χ3n) is 2.67. The molecule has 2 nitrogen and oxygen atoms in total. The lowest BCUT2D eigenvalue weighted by atomic mass is 10.2. The predicted octanol–water partition coefficient (Wildman–Crippen LogP) is 4.19. The predicted molar refractivity (Wildman–Crippen MR) is 66.8 cm³/mol. The second kappa shape index (κ2) is 4.84. The van der Waals surface area contributed by atoms with Gasteiger partial charge in [-0.25, -0.2) is 4.98 Å². The number of alkyl halides is 3. The molecule has 6 heteroatoms. The van der Waals surface area contributed by atoms with Crippen molar-refractivity contribution in [3.05, 3.63) is 23.8 Å². The zero-order chi connectivity index (χ0) is 13.3. The minimum atomic E-state index is -4.31. The number of rotatable bonds is 3. The molecule has 0 aliphatic carbocycles. The molecule has 0 aliphatic heterocycles. The summed E-state index contributed by atoms with van der Waals surface area (Å²) in [6.07, 6.45) is -1.58. The molecular weight excluding hydrogens is 261 g/mol. The zero-order valence-electron chi connectivity index (χ0n) is 10.1. The molecule has 0 N–H and O–H groups in total. The van der Waals surface area contributed by atoms with Gasteiger partial charge < -0.3 is 4.57 Å². The van der Waals surface area contributed by atoms with Crippen LogP contribution in [0, 0.1) is 0 Å². The van der Waals surface area contributed by atoms with Crippen molar-refractivity contribution in [3.8, 4) is 0 Å². The average Bonchev–Trinajstić information content (AvgIpc) is 2.66. The molecule has 18 heavy (non-hydrogen) atoms. The maximum absolute atomic E-state index is 12.7. The van der Waals surface area contributed by atoms with Gasteiger partial charge in [-0.3, -0.25) is 0 Å². The summed E-state index contributed by atoms with van der Waals surface area (Å²) in [5, 5.41) is 0.756. The van der Waals surface area contributed by atoms with E-state index in [-0.39, 0.29) is 0 Å². The van der Waals surface area contributed by atoms with Crippen LogP contribution in [0.25, 0.3) is 11.0 Å². The van der Waals surface area contributed by atoms with E-state index >= 15 is 0 Å². The summed E-state index contributed by atoms with van der Waals surface area (Å²) in [6.45, 7) is 2.66. The van der Waals surface area contributed by atoms with Crippen LogP contribution in [-0.2, 0) is 12.7 Å². The van der Waals surface area contributed by atoms with Crippen LogP contribution < -0.4 is 0 Å². The van der Waals surface area contributed by atoms with Crippen LogP contribution in [0.15, 0.2) is 23.4 Å². The summed E-state index contributed by atoms with van der Waals surface area (Å²) in [5.74, 6) is 0. The molecule has 0 atom stereocenters. The van der Waals surface area contributed by atoms with Gasteiger partial charge in [0.1, 0.15) is 0 Å². The molecule has 2 aromatic rings. The molecule has 0 amide bonds. The summed E-state index contributed by atoms with van der Waals surface area (Å²) >= 11 is 1.45. The summed E-state index contributed by atoms with van der Waals surface area (Å²) in [6, 6.07) is 3.69. The second-order valence-electron chi connectivity index (χ2n) is 3.95. The highest BCUT2D eigenvalue weighted by Gasteiger charge is 2.31. The van der Waals surface area contributed by atoms with Gasteiger partial charge in [0.05, 0.1) is 16.6 Å². The fourth-order valence-corrected chi connectivity index (χ4v) is 2.47. The molecular formula is C12H13F3N2S. The largest absolute Gasteiger partial charge is 0.416 e. The van der Waals surface area contributed by atoms with Crippen LogP contribution in [0.2, 0.25) is 0 Å². The molecule has 0 aliphatic rings. The molecule has 1 aromatic carbocycles. The first-order valence-electron chi connectivity index (χ1n) is 5.59. The number of thioether (sulfide) groups is 1. The number of aryl methyl sites for hydroxylation is 1. The normalized spacial score (nSPS) is 12.3. The number of hydrogen-bond donors (Lipinski definition) is 0. The van der Waals surface area contributed by atoms with Crippen molar-refractivity contribution in [2.75, 3.05) is 6.26 Å². The molecule has 0 saturated carbocycles. The summed E-state index contributed by atoms with van der Waals surface area (Å²) in [4.78, 5) is 4.33. The lowest BCUT2D eigenvalue weighted by Gasteiger charge is -2.08. The Labute approximate surface area is 107 Å². The minimum absolute atomic E-state index is 0.552. The number of nitrogens with zero attached hydrogens (tertiary/aromatic N) is 2. The smallest absolute Gasteiger partial charge is 0.319 e. The fourth-order valence-electron chi connectivity index (χ4n) is 1.87. The lowest BCUT2D eigenvalue weighted by molar-refractivity contribution is -0.137. The van der Waals surface area contributed by atoms with Crippen LogP contribution in [0.3, 0.4) is 0 Å². The van der Waals surface area contributed by atoms with Crippen molar-refractivity contribution in [1.29, 1.82) is 0 Å². The topological polar surface area (TPSA) is 17.8 Å². The van der Waals surface area contributed by atoms with Gasteiger partial charge in [-0.15, -0.1) is 0 Å². The number of benzene rings is 1. The number of hydrogen-bond acceptors (Lipinski definition) is 2. The summed E-state index contributed by atoms with van der Waals surface area (Å²) < 4.78 is 39.9. The van der Waals surface area contributed by atoms with Crippen molar-refractivity contribution in [2.45, 2.75) is 31.2 Å². The molecule has 1 aromatic heterocycles. The van der Waals surface area contributed by atoms with Gasteiger partial charge in [-0.05, 0) is 30.9 Å². The standard InChI is InChI=1S/C12H13F3N2S/c1-3-6-17-10-7-8(12(13,14)15)4-5-9(10)16-11(17)18-2/h4-5,7H,3,6H2,1-2H3. The van der Waals surface area contributed by atoms with Crippen molar-refractivity contribution in [3.63, 3.8) is 0 Å². The van der Waals surface area contributed by atoms with Crippen molar-refractivity contribution in [1.82, 2.24) is 9.55 Å². The van der Waals surface area contributed by atoms with Crippen LogP contribution in [0.5, 0.6) is 0 Å². The minimum Gasteiger partial charge on any atom is -0.319 e. The number of fused-ring (bicyclic) bond motifs is 1. The van der Waals surface area contributed by atoms with E-state index < -0.39 is 11.7 Å². The number of imidazole rings is 1. The Morgan fingerprint density at radius 3 is 2.61 bits per heavy atom. The molecule has 98 valence electrons. The molecule has 0 radical (unpaired) electrons. The molecule has 0 saturated heterocycles. The van der Waals surface area contributed by atoms with Crippen molar-refractivity contribution >= 4 is 22.8 Å². The third kappa shape index (κ3) is 2.34. The Balaban J connectivity index is 2.63. The van der Waals surface area contributed by atoms with E-state index in [2.05, 4.69) is 4.98 Å². The highest BCUT2D eigenvalue weighted by molar-refractivity contribution is 7.98. The Morgan fingerprint density at radius 2 is 2.06 bits per heavy atom. The van der Waals surface area contributed by atoms with E-state index in [1.807, 2.05) is 17.7 Å². The van der Waals surface area contributed by atoms with Crippen LogP contribution >= 0.6 is 11.8 Å². The van der Waals surface area contributed by atoms with Crippen LogP contribution in [-0.4, -0.2) is 15.8 Å². The van der Waals surface area contributed by atoms with E-state index in [1.54, 1.807) is 0 Å². The zero-order valence-corrected chi connectivity index (χ0v) is 10.9. The van der Waals surface area contributed by atoms with E-state index in [0.717, 1.165) is 17.6 Å². The monoisotopic (exact) mass is 274 g/mol. The molecule has 0 spiro atoms. The van der Waals surface area contributed by atoms with Crippen LogP contribution in [0.4, 0.5) is 13.2 Å². The van der Waals surface area contributed by atoms with Crippen molar-refractivity contribution in [2.24, 2.45) is 0 Å². The van der Waals surface area contributed by atoms with Crippen molar-refractivity contribution < 1.29 is 13.2 Å². The van der Waals surface area contributed by atoms with Gasteiger partial charge in [0.2, 0.25) is 0 Å². The van der Waals surface area contributed by atoms with E-state index in [4.69, 9.17) is 0 Å². The highest BCUT2D eigenvalue weighted by atomic mass is 32.2. The Kier molecular flexibility index (Phi) is 3.56. The molecule has 0 bridgehead atoms. The highest BCUT2D eigenvalue weighted by Crippen LogP contribution is 2.32. The maximum atomic E-state index is 12.7. The average molecular weight is 274 g/mol. The molecule has 2 rings (SSSR count). The first-order valence-corrected chi connectivity index (χ1v) is 6.81. The maximum Gasteiger partial charge on any atom is 0.416 e. The quantitative estimate of drug-likeness (QED) is 0.781. The Morgan fingerprint density at radius 1 is 1.33 bits per heavy atom.